The van der Waals surface area contributed by atoms with Crippen molar-refractivity contribution in [2.24, 2.45) is 4.99 Å². The lowest BCUT2D eigenvalue weighted by molar-refractivity contribution is 0.172. The SMILES string of the molecule is CCNC(=NCC(O)c1ccccc1F)Nc1cccc(OCCCOC)c1.I. The number of hydrogen-bond donors (Lipinski definition) is 3. The predicted molar refractivity (Wildman–Crippen MR) is 125 cm³/mol. The number of aliphatic imine (C=N–C) groups is 1. The lowest BCUT2D eigenvalue weighted by atomic mass is 10.1. The van der Waals surface area contributed by atoms with Crippen molar-refractivity contribution in [2.75, 3.05) is 38.7 Å². The summed E-state index contributed by atoms with van der Waals surface area (Å²) in [5, 5.41) is 16.5. The van der Waals surface area contributed by atoms with Crippen LogP contribution in [0.5, 0.6) is 5.75 Å². The Morgan fingerprint density at radius 3 is 2.69 bits per heavy atom. The van der Waals surface area contributed by atoms with E-state index in [4.69, 9.17) is 9.47 Å². The summed E-state index contributed by atoms with van der Waals surface area (Å²) in [5.41, 5.74) is 1.03. The average Bonchev–Trinajstić information content (AvgIpc) is 2.70. The van der Waals surface area contributed by atoms with E-state index < -0.39 is 11.9 Å². The summed E-state index contributed by atoms with van der Waals surface area (Å²) in [7, 11) is 1.66. The third kappa shape index (κ3) is 8.97. The van der Waals surface area contributed by atoms with Crippen molar-refractivity contribution in [3.05, 3.63) is 59.9 Å². The first-order chi connectivity index (χ1) is 13.6. The number of nitrogens with one attached hydrogen (secondary N) is 2. The number of halogens is 2. The van der Waals surface area contributed by atoms with Crippen LogP contribution in [0.2, 0.25) is 0 Å². The van der Waals surface area contributed by atoms with Crippen molar-refractivity contribution < 1.29 is 19.0 Å². The van der Waals surface area contributed by atoms with E-state index in [0.29, 0.717) is 25.7 Å². The molecule has 0 aliphatic rings. The Bertz CT molecular complexity index is 761. The molecule has 0 bridgehead atoms. The van der Waals surface area contributed by atoms with Crippen LogP contribution in [0, 0.1) is 5.82 Å². The maximum atomic E-state index is 13.8. The summed E-state index contributed by atoms with van der Waals surface area (Å²) >= 11 is 0. The summed E-state index contributed by atoms with van der Waals surface area (Å²) in [6, 6.07) is 13.7. The Kier molecular flexibility index (Phi) is 12.2. The number of rotatable bonds is 10. The van der Waals surface area contributed by atoms with E-state index in [2.05, 4.69) is 15.6 Å². The van der Waals surface area contributed by atoms with Gasteiger partial charge in [0, 0.05) is 44.0 Å². The maximum Gasteiger partial charge on any atom is 0.195 e. The molecule has 3 N–H and O–H groups in total. The van der Waals surface area contributed by atoms with Crippen LogP contribution in [0.4, 0.5) is 10.1 Å². The summed E-state index contributed by atoms with van der Waals surface area (Å²) < 4.78 is 24.5. The molecule has 0 heterocycles. The van der Waals surface area contributed by atoms with Gasteiger partial charge in [0.05, 0.1) is 13.2 Å². The molecule has 1 atom stereocenters. The topological polar surface area (TPSA) is 75.1 Å². The molecule has 160 valence electrons. The molecule has 2 rings (SSSR count). The van der Waals surface area contributed by atoms with E-state index in [9.17, 15) is 9.50 Å². The van der Waals surface area contributed by atoms with Crippen LogP contribution in [-0.2, 0) is 4.74 Å². The van der Waals surface area contributed by atoms with Gasteiger partial charge in [0.25, 0.3) is 0 Å². The van der Waals surface area contributed by atoms with Crippen LogP contribution >= 0.6 is 24.0 Å². The maximum absolute atomic E-state index is 13.8. The van der Waals surface area contributed by atoms with E-state index in [1.165, 1.54) is 6.07 Å². The van der Waals surface area contributed by atoms with E-state index in [-0.39, 0.29) is 36.1 Å². The van der Waals surface area contributed by atoms with Gasteiger partial charge in [-0.25, -0.2) is 9.38 Å². The fourth-order valence-corrected chi connectivity index (χ4v) is 2.52. The van der Waals surface area contributed by atoms with Gasteiger partial charge >= 0.3 is 0 Å². The average molecular weight is 517 g/mol. The van der Waals surface area contributed by atoms with Crippen molar-refractivity contribution in [3.63, 3.8) is 0 Å². The molecule has 0 spiro atoms. The van der Waals surface area contributed by atoms with Gasteiger partial charge < -0.3 is 25.2 Å². The quantitative estimate of drug-likeness (QED) is 0.193. The van der Waals surface area contributed by atoms with Crippen LogP contribution in [0.3, 0.4) is 0 Å². The van der Waals surface area contributed by atoms with Crippen LogP contribution in [0.15, 0.2) is 53.5 Å². The highest BCUT2D eigenvalue weighted by Crippen LogP contribution is 2.19. The van der Waals surface area contributed by atoms with Crippen LogP contribution in [0.1, 0.15) is 25.0 Å². The van der Waals surface area contributed by atoms with Crippen LogP contribution < -0.4 is 15.4 Å². The molecule has 0 aromatic heterocycles. The highest BCUT2D eigenvalue weighted by atomic mass is 127. The predicted octanol–water partition coefficient (Wildman–Crippen LogP) is 3.97. The summed E-state index contributed by atoms with van der Waals surface area (Å²) in [5.74, 6) is 0.791. The van der Waals surface area contributed by atoms with Gasteiger partial charge in [0.1, 0.15) is 17.7 Å². The third-order valence-corrected chi connectivity index (χ3v) is 3.89. The molecule has 1 unspecified atom stereocenters. The molecule has 0 fully saturated rings. The van der Waals surface area contributed by atoms with Gasteiger partial charge in [-0.3, -0.25) is 0 Å². The number of benzene rings is 2. The number of hydrogen-bond acceptors (Lipinski definition) is 4. The highest BCUT2D eigenvalue weighted by molar-refractivity contribution is 14.0. The van der Waals surface area contributed by atoms with E-state index in [0.717, 1.165) is 17.9 Å². The Balaban J connectivity index is 0.00000420. The molecule has 6 nitrogen and oxygen atoms in total. The Morgan fingerprint density at radius 2 is 1.97 bits per heavy atom. The molecule has 0 saturated heterocycles. The molecule has 29 heavy (non-hydrogen) atoms. The van der Waals surface area contributed by atoms with Gasteiger partial charge in [0.15, 0.2) is 5.96 Å². The van der Waals surface area contributed by atoms with Crippen molar-refractivity contribution in [1.82, 2.24) is 5.32 Å². The number of methoxy groups -OCH3 is 1. The first-order valence-electron chi connectivity index (χ1n) is 9.33. The van der Waals surface area contributed by atoms with E-state index in [1.54, 1.807) is 25.3 Å². The van der Waals surface area contributed by atoms with Gasteiger partial charge in [-0.2, -0.15) is 0 Å². The molecule has 0 radical (unpaired) electrons. The van der Waals surface area contributed by atoms with Gasteiger partial charge in [-0.15, -0.1) is 24.0 Å². The lowest BCUT2D eigenvalue weighted by Gasteiger charge is -2.14. The Morgan fingerprint density at radius 1 is 1.17 bits per heavy atom. The normalized spacial score (nSPS) is 12.1. The standard InChI is InChI=1S/C21H28FN3O3.HI/c1-3-23-21(24-15-20(26)18-10-4-5-11-19(18)22)25-16-8-6-9-17(14-16)28-13-7-12-27-2;/h4-6,8-11,14,20,26H,3,7,12-13,15H2,1-2H3,(H2,23,24,25);1H. The van der Waals surface area contributed by atoms with Crippen molar-refractivity contribution in [3.8, 4) is 5.75 Å². The molecule has 0 saturated carbocycles. The minimum atomic E-state index is -1.02. The summed E-state index contributed by atoms with van der Waals surface area (Å²) in [6.07, 6.45) is -0.210. The molecule has 0 aliphatic carbocycles. The first kappa shape index (κ1) is 25.1. The number of ether oxygens (including phenoxy) is 2. The highest BCUT2D eigenvalue weighted by Gasteiger charge is 2.12. The minimum Gasteiger partial charge on any atom is -0.493 e. The molecule has 0 aliphatic heterocycles. The summed E-state index contributed by atoms with van der Waals surface area (Å²) in [6.45, 7) is 3.85. The molecule has 2 aromatic rings. The minimum absolute atomic E-state index is 0. The lowest BCUT2D eigenvalue weighted by Crippen LogP contribution is -2.31. The second kappa shape index (κ2) is 14.1. The number of nitrogens with zero attached hydrogens (tertiary/aromatic N) is 1. The van der Waals surface area contributed by atoms with E-state index in [1.807, 2.05) is 31.2 Å². The number of aliphatic hydroxyl groups is 1. The van der Waals surface area contributed by atoms with Gasteiger partial charge in [-0.05, 0) is 25.1 Å². The van der Waals surface area contributed by atoms with E-state index >= 15 is 0 Å². The number of aliphatic hydroxyl groups excluding tert-OH is 1. The first-order valence-corrected chi connectivity index (χ1v) is 9.33. The number of anilines is 1. The second-order valence-corrected chi connectivity index (χ2v) is 6.10. The number of guanidine groups is 1. The zero-order valence-corrected chi connectivity index (χ0v) is 19.1. The zero-order chi connectivity index (χ0) is 20.2. The molecule has 2 aromatic carbocycles. The zero-order valence-electron chi connectivity index (χ0n) is 16.7. The fraction of sp³-hybridized carbons (Fsp3) is 0.381. The van der Waals surface area contributed by atoms with Gasteiger partial charge in [0.2, 0.25) is 0 Å². The Hall–Kier alpha value is -1.91. The molecule has 8 heteroatoms. The summed E-state index contributed by atoms with van der Waals surface area (Å²) in [4.78, 5) is 4.36. The van der Waals surface area contributed by atoms with Crippen molar-refractivity contribution in [2.45, 2.75) is 19.4 Å². The van der Waals surface area contributed by atoms with Crippen LogP contribution in [-0.4, -0.2) is 44.5 Å². The van der Waals surface area contributed by atoms with Crippen molar-refractivity contribution >= 4 is 35.6 Å². The Labute approximate surface area is 188 Å². The third-order valence-electron chi connectivity index (χ3n) is 3.89. The molecular formula is C21H29FIN3O3. The van der Waals surface area contributed by atoms with Gasteiger partial charge in [-0.1, -0.05) is 24.3 Å². The largest absolute Gasteiger partial charge is 0.493 e. The second-order valence-electron chi connectivity index (χ2n) is 6.10. The van der Waals surface area contributed by atoms with Crippen LogP contribution in [0.25, 0.3) is 0 Å². The fourth-order valence-electron chi connectivity index (χ4n) is 2.52. The molecule has 0 amide bonds. The molecular weight excluding hydrogens is 488 g/mol. The smallest absolute Gasteiger partial charge is 0.195 e. The monoisotopic (exact) mass is 517 g/mol. The van der Waals surface area contributed by atoms with Crippen molar-refractivity contribution in [1.29, 1.82) is 0 Å².